The molecule has 1 amide bonds. The van der Waals surface area contributed by atoms with Crippen LogP contribution in [0.25, 0.3) is 0 Å². The fourth-order valence-corrected chi connectivity index (χ4v) is 3.28. The van der Waals surface area contributed by atoms with Gasteiger partial charge in [-0.1, -0.05) is 20.8 Å². The molecule has 0 spiro atoms. The lowest BCUT2D eigenvalue weighted by atomic mass is 9.92. The minimum atomic E-state index is -0.0368. The molecule has 2 aromatic heterocycles. The summed E-state index contributed by atoms with van der Waals surface area (Å²) in [6.07, 6.45) is 4.02. The predicted molar refractivity (Wildman–Crippen MR) is 97.5 cm³/mol. The van der Waals surface area contributed by atoms with Gasteiger partial charge >= 0.3 is 0 Å². The Bertz CT molecular complexity index is 713. The van der Waals surface area contributed by atoms with Crippen molar-refractivity contribution in [2.24, 2.45) is 7.05 Å². The van der Waals surface area contributed by atoms with E-state index in [0.717, 1.165) is 43.1 Å². The third-order valence-corrected chi connectivity index (χ3v) is 4.75. The average molecular weight is 344 g/mol. The van der Waals surface area contributed by atoms with Crippen LogP contribution in [-0.4, -0.2) is 50.4 Å². The second-order valence-corrected chi connectivity index (χ2v) is 7.92. The number of likely N-dealkylation sites (tertiary alicyclic amines) is 1. The van der Waals surface area contributed by atoms with E-state index in [2.05, 4.69) is 46.3 Å². The van der Waals surface area contributed by atoms with Gasteiger partial charge in [-0.15, -0.1) is 0 Å². The van der Waals surface area contributed by atoms with E-state index in [0.29, 0.717) is 12.5 Å². The molecule has 7 heteroatoms. The van der Waals surface area contributed by atoms with Gasteiger partial charge < -0.3 is 5.32 Å². The molecule has 1 aliphatic heterocycles. The van der Waals surface area contributed by atoms with E-state index >= 15 is 0 Å². The molecule has 1 saturated heterocycles. The van der Waals surface area contributed by atoms with Crippen LogP contribution in [0.1, 0.15) is 50.9 Å². The van der Waals surface area contributed by atoms with E-state index in [1.807, 2.05) is 19.2 Å². The topological polar surface area (TPSA) is 78.8 Å². The number of piperidine rings is 1. The summed E-state index contributed by atoms with van der Waals surface area (Å²) in [6.45, 7) is 8.59. The highest BCUT2D eigenvalue weighted by Crippen LogP contribution is 2.25. The molecule has 7 nitrogen and oxygen atoms in total. The Morgan fingerprint density at radius 2 is 2.24 bits per heavy atom. The van der Waals surface area contributed by atoms with Crippen molar-refractivity contribution in [2.45, 2.75) is 44.9 Å². The largest absolute Gasteiger partial charge is 0.310 e. The van der Waals surface area contributed by atoms with Crippen molar-refractivity contribution >= 4 is 11.7 Å². The van der Waals surface area contributed by atoms with Crippen LogP contribution in [0.3, 0.4) is 0 Å². The van der Waals surface area contributed by atoms with Gasteiger partial charge in [-0.25, -0.2) is 0 Å². The Kier molecular flexibility index (Phi) is 4.94. The standard InChI is InChI=1S/C18H28N6O/c1-18(2,3)15-10-16(23(4)22-15)20-17(25)12-24-9-5-6-13(11-24)14-7-8-19-21-14/h7-8,10,13H,5-6,9,11-12H2,1-4H3,(H,19,21)(H,20,25)/t13-/m0/s1. The molecule has 1 fully saturated rings. The summed E-state index contributed by atoms with van der Waals surface area (Å²) in [7, 11) is 1.86. The molecule has 0 saturated carbocycles. The Morgan fingerprint density at radius 1 is 1.44 bits per heavy atom. The van der Waals surface area contributed by atoms with E-state index in [-0.39, 0.29) is 11.3 Å². The number of carbonyl (C=O) groups is 1. The van der Waals surface area contributed by atoms with Crippen LogP contribution in [-0.2, 0) is 17.3 Å². The van der Waals surface area contributed by atoms with E-state index < -0.39 is 0 Å². The SMILES string of the molecule is Cn1nc(C(C)(C)C)cc1NC(=O)CN1CCC[C@H](c2ccn[nH]2)C1. The molecule has 0 unspecified atom stereocenters. The van der Waals surface area contributed by atoms with Crippen molar-refractivity contribution < 1.29 is 4.79 Å². The molecular weight excluding hydrogens is 316 g/mol. The molecule has 2 aromatic rings. The Balaban J connectivity index is 1.58. The Morgan fingerprint density at radius 3 is 2.88 bits per heavy atom. The number of carbonyl (C=O) groups excluding carboxylic acids is 1. The molecule has 1 atom stereocenters. The molecule has 0 aliphatic carbocycles. The lowest BCUT2D eigenvalue weighted by Crippen LogP contribution is -2.40. The van der Waals surface area contributed by atoms with Crippen LogP contribution in [0.2, 0.25) is 0 Å². The van der Waals surface area contributed by atoms with E-state index in [1.54, 1.807) is 10.9 Å². The van der Waals surface area contributed by atoms with Crippen molar-refractivity contribution in [1.29, 1.82) is 0 Å². The van der Waals surface area contributed by atoms with Gasteiger partial charge in [0.25, 0.3) is 0 Å². The number of aromatic amines is 1. The van der Waals surface area contributed by atoms with Gasteiger partial charge in [0.2, 0.25) is 5.91 Å². The molecule has 0 aromatic carbocycles. The van der Waals surface area contributed by atoms with Crippen LogP contribution in [0.5, 0.6) is 0 Å². The van der Waals surface area contributed by atoms with Gasteiger partial charge in [0.1, 0.15) is 5.82 Å². The number of anilines is 1. The number of amides is 1. The molecule has 3 heterocycles. The van der Waals surface area contributed by atoms with Crippen molar-refractivity contribution in [3.63, 3.8) is 0 Å². The minimum Gasteiger partial charge on any atom is -0.310 e. The molecule has 25 heavy (non-hydrogen) atoms. The van der Waals surface area contributed by atoms with Gasteiger partial charge in [0.15, 0.2) is 0 Å². The maximum Gasteiger partial charge on any atom is 0.239 e. The second-order valence-electron chi connectivity index (χ2n) is 7.92. The predicted octanol–water partition coefficient (Wildman–Crippen LogP) is 2.26. The monoisotopic (exact) mass is 344 g/mol. The maximum absolute atomic E-state index is 12.5. The Labute approximate surface area is 148 Å². The highest BCUT2D eigenvalue weighted by atomic mass is 16.2. The second kappa shape index (κ2) is 7.00. The average Bonchev–Trinajstić information content (AvgIpc) is 3.18. The van der Waals surface area contributed by atoms with Crippen molar-refractivity contribution in [3.05, 3.63) is 29.7 Å². The molecule has 1 aliphatic rings. The summed E-state index contributed by atoms with van der Waals surface area (Å²) < 4.78 is 1.74. The molecule has 3 rings (SSSR count). The summed E-state index contributed by atoms with van der Waals surface area (Å²) in [6, 6.07) is 3.99. The number of nitrogens with one attached hydrogen (secondary N) is 2. The molecule has 0 bridgehead atoms. The van der Waals surface area contributed by atoms with Crippen molar-refractivity contribution in [2.75, 3.05) is 25.0 Å². The summed E-state index contributed by atoms with van der Waals surface area (Å²) in [5.41, 5.74) is 2.10. The first-order valence-electron chi connectivity index (χ1n) is 8.89. The minimum absolute atomic E-state index is 0.00807. The maximum atomic E-state index is 12.5. The number of rotatable bonds is 4. The first kappa shape index (κ1) is 17.7. The molecular formula is C18H28N6O. The van der Waals surface area contributed by atoms with Crippen LogP contribution >= 0.6 is 0 Å². The normalized spacial score (nSPS) is 19.1. The summed E-state index contributed by atoms with van der Waals surface area (Å²) in [4.78, 5) is 14.7. The molecule has 2 N–H and O–H groups in total. The summed E-state index contributed by atoms with van der Waals surface area (Å²) >= 11 is 0. The summed E-state index contributed by atoms with van der Waals surface area (Å²) in [5.74, 6) is 1.18. The zero-order valence-corrected chi connectivity index (χ0v) is 15.5. The van der Waals surface area contributed by atoms with Crippen LogP contribution in [0.15, 0.2) is 18.3 Å². The third kappa shape index (κ3) is 4.28. The quantitative estimate of drug-likeness (QED) is 0.892. The van der Waals surface area contributed by atoms with E-state index in [9.17, 15) is 4.79 Å². The molecule has 0 radical (unpaired) electrons. The lowest BCUT2D eigenvalue weighted by molar-refractivity contribution is -0.117. The smallest absolute Gasteiger partial charge is 0.239 e. The van der Waals surface area contributed by atoms with E-state index in [1.165, 1.54) is 0 Å². The van der Waals surface area contributed by atoms with E-state index in [4.69, 9.17) is 0 Å². The number of aryl methyl sites for hydroxylation is 1. The fourth-order valence-electron chi connectivity index (χ4n) is 3.28. The van der Waals surface area contributed by atoms with Crippen molar-refractivity contribution in [3.8, 4) is 0 Å². The third-order valence-electron chi connectivity index (χ3n) is 4.75. The van der Waals surface area contributed by atoms with Crippen LogP contribution in [0, 0.1) is 0 Å². The highest BCUT2D eigenvalue weighted by molar-refractivity contribution is 5.91. The zero-order chi connectivity index (χ0) is 18.0. The fraction of sp³-hybridized carbons (Fsp3) is 0.611. The van der Waals surface area contributed by atoms with Gasteiger partial charge in [0.05, 0.1) is 12.2 Å². The van der Waals surface area contributed by atoms with Crippen molar-refractivity contribution in [1.82, 2.24) is 24.9 Å². The first-order chi connectivity index (χ1) is 11.8. The van der Waals surface area contributed by atoms with Gasteiger partial charge in [0, 0.05) is 42.9 Å². The summed E-state index contributed by atoms with van der Waals surface area (Å²) in [5, 5.41) is 14.6. The number of nitrogens with zero attached hydrogens (tertiary/aromatic N) is 4. The first-order valence-corrected chi connectivity index (χ1v) is 8.89. The zero-order valence-electron chi connectivity index (χ0n) is 15.5. The van der Waals surface area contributed by atoms with Crippen LogP contribution < -0.4 is 5.32 Å². The lowest BCUT2D eigenvalue weighted by Gasteiger charge is -2.31. The van der Waals surface area contributed by atoms with Gasteiger partial charge in [-0.05, 0) is 25.5 Å². The number of aromatic nitrogens is 4. The highest BCUT2D eigenvalue weighted by Gasteiger charge is 2.24. The number of H-pyrrole nitrogens is 1. The number of hydrogen-bond donors (Lipinski definition) is 2. The molecule has 136 valence electrons. The van der Waals surface area contributed by atoms with Gasteiger partial charge in [-0.3, -0.25) is 19.5 Å². The number of hydrogen-bond acceptors (Lipinski definition) is 4. The Hall–Kier alpha value is -2.15. The van der Waals surface area contributed by atoms with Crippen LogP contribution in [0.4, 0.5) is 5.82 Å². The van der Waals surface area contributed by atoms with Gasteiger partial charge in [-0.2, -0.15) is 10.2 Å².